The van der Waals surface area contributed by atoms with Gasteiger partial charge in [-0.15, -0.1) is 0 Å². The normalized spacial score (nSPS) is 23.2. The first-order valence-electron chi connectivity index (χ1n) is 10.7. The summed E-state index contributed by atoms with van der Waals surface area (Å²) < 4.78 is 0. The Labute approximate surface area is 189 Å². The van der Waals surface area contributed by atoms with Gasteiger partial charge in [0.15, 0.2) is 0 Å². The van der Waals surface area contributed by atoms with Crippen LogP contribution in [0.25, 0.3) is 11.1 Å². The molecule has 0 bridgehead atoms. The van der Waals surface area contributed by atoms with Crippen molar-refractivity contribution in [2.45, 2.75) is 31.9 Å². The Morgan fingerprint density at radius 3 is 2.38 bits per heavy atom. The number of pyridine rings is 1. The lowest BCUT2D eigenvalue weighted by Gasteiger charge is -2.50. The van der Waals surface area contributed by atoms with Gasteiger partial charge >= 0.3 is 0 Å². The molecule has 1 spiro atoms. The molecular formula is C24H33N3O5. The van der Waals surface area contributed by atoms with E-state index in [4.69, 9.17) is 19.8 Å². The van der Waals surface area contributed by atoms with Crippen molar-refractivity contribution in [2.24, 2.45) is 5.41 Å². The van der Waals surface area contributed by atoms with Crippen LogP contribution in [0.3, 0.4) is 0 Å². The topological polar surface area (TPSA) is 114 Å². The van der Waals surface area contributed by atoms with Crippen molar-refractivity contribution >= 4 is 12.9 Å². The number of benzene rings is 1. The second-order valence-electron chi connectivity index (χ2n) is 8.37. The fourth-order valence-corrected chi connectivity index (χ4v) is 4.76. The van der Waals surface area contributed by atoms with Crippen molar-refractivity contribution in [3.63, 3.8) is 0 Å². The number of carbonyl (C=O) groups is 2. The van der Waals surface area contributed by atoms with Crippen molar-refractivity contribution < 1.29 is 24.9 Å². The van der Waals surface area contributed by atoms with Crippen molar-refractivity contribution in [1.82, 2.24) is 14.8 Å². The molecule has 2 aliphatic rings. The Balaban J connectivity index is 0.000000547. The molecule has 2 atom stereocenters. The largest absolute Gasteiger partial charge is 0.483 e. The van der Waals surface area contributed by atoms with Crippen LogP contribution in [0, 0.1) is 5.41 Å². The lowest BCUT2D eigenvalue weighted by molar-refractivity contribution is -0.123. The highest BCUT2D eigenvalue weighted by Gasteiger charge is 2.44. The molecule has 2 saturated heterocycles. The van der Waals surface area contributed by atoms with Gasteiger partial charge in [-0.25, -0.2) is 0 Å². The fraction of sp³-hybridized carbons (Fsp3) is 0.458. The molecule has 1 aromatic heterocycles. The number of hydrogen-bond acceptors (Lipinski definition) is 6. The summed E-state index contributed by atoms with van der Waals surface area (Å²) in [6.07, 6.45) is 6.79. The SMILES string of the molecule is CN1CC[C@H](O)[C@@]2(CCCN(Cc3ccc(-c4cccnc4)cc3)C2)C1.O=CO.O=CO. The Bertz CT molecular complexity index is 812. The maximum Gasteiger partial charge on any atom is 0.290 e. The lowest BCUT2D eigenvalue weighted by atomic mass is 9.71. The van der Waals surface area contributed by atoms with Crippen molar-refractivity contribution in [2.75, 3.05) is 33.2 Å². The summed E-state index contributed by atoms with van der Waals surface area (Å²) in [5.41, 5.74) is 3.76. The summed E-state index contributed by atoms with van der Waals surface area (Å²) in [4.78, 5) is 25.8. The summed E-state index contributed by atoms with van der Waals surface area (Å²) in [6, 6.07) is 12.9. The summed E-state index contributed by atoms with van der Waals surface area (Å²) in [5.74, 6) is 0. The van der Waals surface area contributed by atoms with E-state index in [1.807, 2.05) is 12.3 Å². The van der Waals surface area contributed by atoms with Crippen LogP contribution in [0.4, 0.5) is 0 Å². The number of nitrogens with zero attached hydrogens (tertiary/aromatic N) is 3. The standard InChI is InChI=1S/C22H29N3O.2CH2O2/c1-24-13-9-21(26)22(16-24)10-3-12-25(17-22)15-18-5-7-19(8-6-18)20-4-2-11-23-14-20;2*2-1-3/h2,4-8,11,14,21,26H,3,9-10,12-13,15-17H2,1H3;2*1H,(H,2,3)/t21-,22-;;/m0../s1. The van der Waals surface area contributed by atoms with Crippen molar-refractivity contribution in [1.29, 1.82) is 0 Å². The molecule has 174 valence electrons. The molecular weight excluding hydrogens is 410 g/mol. The minimum absolute atomic E-state index is 0.0564. The number of piperidine rings is 2. The number of aromatic nitrogens is 1. The first-order valence-corrected chi connectivity index (χ1v) is 10.7. The van der Waals surface area contributed by atoms with Gasteiger partial charge in [0.05, 0.1) is 6.10 Å². The number of hydrogen-bond donors (Lipinski definition) is 3. The van der Waals surface area contributed by atoms with Gasteiger partial charge in [0, 0.05) is 44.0 Å². The van der Waals surface area contributed by atoms with E-state index >= 15 is 0 Å². The van der Waals surface area contributed by atoms with Gasteiger partial charge in [-0.2, -0.15) is 0 Å². The maximum atomic E-state index is 10.7. The molecule has 2 aromatic rings. The van der Waals surface area contributed by atoms with E-state index < -0.39 is 0 Å². The van der Waals surface area contributed by atoms with Crippen molar-refractivity contribution in [3.05, 3.63) is 54.4 Å². The second kappa shape index (κ2) is 12.9. The monoisotopic (exact) mass is 443 g/mol. The summed E-state index contributed by atoms with van der Waals surface area (Å²) in [6.45, 7) is 4.63. The minimum atomic E-state index is -0.250. The van der Waals surface area contributed by atoms with Gasteiger partial charge < -0.3 is 20.2 Å². The predicted molar refractivity (Wildman–Crippen MR) is 122 cm³/mol. The molecule has 0 radical (unpaired) electrons. The van der Waals surface area contributed by atoms with E-state index in [1.54, 1.807) is 6.20 Å². The average molecular weight is 444 g/mol. The predicted octanol–water partition coefficient (Wildman–Crippen LogP) is 2.43. The molecule has 8 heteroatoms. The van der Waals surface area contributed by atoms with Crippen LogP contribution in [-0.2, 0) is 16.1 Å². The van der Waals surface area contributed by atoms with Crippen molar-refractivity contribution in [3.8, 4) is 11.1 Å². The van der Waals surface area contributed by atoms with E-state index in [9.17, 15) is 5.11 Å². The molecule has 0 aliphatic carbocycles. The second-order valence-corrected chi connectivity index (χ2v) is 8.37. The zero-order valence-electron chi connectivity index (χ0n) is 18.5. The van der Waals surface area contributed by atoms with Crippen LogP contribution in [0.2, 0.25) is 0 Å². The highest BCUT2D eigenvalue weighted by Crippen LogP contribution is 2.38. The molecule has 1 aromatic carbocycles. The van der Waals surface area contributed by atoms with Gasteiger partial charge in [-0.05, 0) is 55.6 Å². The van der Waals surface area contributed by atoms with E-state index in [0.29, 0.717) is 0 Å². The van der Waals surface area contributed by atoms with Crippen LogP contribution in [0.1, 0.15) is 24.8 Å². The molecule has 2 fully saturated rings. The molecule has 3 N–H and O–H groups in total. The average Bonchev–Trinajstić information content (AvgIpc) is 2.79. The highest BCUT2D eigenvalue weighted by atomic mass is 16.3. The van der Waals surface area contributed by atoms with Gasteiger partial charge in [0.25, 0.3) is 12.9 Å². The van der Waals surface area contributed by atoms with Crippen LogP contribution in [0.5, 0.6) is 0 Å². The van der Waals surface area contributed by atoms with Crippen LogP contribution >= 0.6 is 0 Å². The molecule has 3 heterocycles. The maximum absolute atomic E-state index is 10.7. The molecule has 2 aliphatic heterocycles. The first kappa shape index (κ1) is 25.5. The zero-order chi connectivity index (χ0) is 23.4. The zero-order valence-corrected chi connectivity index (χ0v) is 18.5. The molecule has 8 nitrogen and oxygen atoms in total. The Morgan fingerprint density at radius 2 is 1.75 bits per heavy atom. The highest BCUT2D eigenvalue weighted by molar-refractivity contribution is 5.62. The molecule has 4 rings (SSSR count). The van der Waals surface area contributed by atoms with E-state index in [2.05, 4.69) is 52.2 Å². The van der Waals surface area contributed by atoms with Gasteiger partial charge in [0.2, 0.25) is 0 Å². The van der Waals surface area contributed by atoms with Crippen LogP contribution in [-0.4, -0.2) is 82.4 Å². The third-order valence-corrected chi connectivity index (χ3v) is 6.12. The summed E-state index contributed by atoms with van der Waals surface area (Å²) in [5, 5.41) is 24.5. The van der Waals surface area contributed by atoms with Crippen LogP contribution in [0.15, 0.2) is 48.8 Å². The van der Waals surface area contributed by atoms with E-state index in [1.165, 1.54) is 17.5 Å². The third-order valence-electron chi connectivity index (χ3n) is 6.12. The molecule has 0 unspecified atom stereocenters. The smallest absolute Gasteiger partial charge is 0.290 e. The lowest BCUT2D eigenvalue weighted by Crippen LogP contribution is -2.58. The number of likely N-dealkylation sites (tertiary alicyclic amines) is 2. The van der Waals surface area contributed by atoms with Gasteiger partial charge in [-0.3, -0.25) is 19.5 Å². The minimum Gasteiger partial charge on any atom is -0.483 e. The third kappa shape index (κ3) is 7.12. The van der Waals surface area contributed by atoms with Crippen LogP contribution < -0.4 is 0 Å². The number of aliphatic hydroxyl groups excluding tert-OH is 1. The number of aliphatic hydroxyl groups is 1. The fourth-order valence-electron chi connectivity index (χ4n) is 4.76. The Kier molecular flexibility index (Phi) is 10.3. The Morgan fingerprint density at radius 1 is 1.06 bits per heavy atom. The van der Waals surface area contributed by atoms with E-state index in [-0.39, 0.29) is 24.5 Å². The first-order chi connectivity index (χ1) is 15.5. The summed E-state index contributed by atoms with van der Waals surface area (Å²) in [7, 11) is 2.18. The number of rotatable bonds is 3. The Hall–Kier alpha value is -2.81. The molecule has 0 saturated carbocycles. The van der Waals surface area contributed by atoms with Gasteiger partial charge in [-0.1, -0.05) is 30.3 Å². The molecule has 32 heavy (non-hydrogen) atoms. The number of carboxylic acid groups (broad SMARTS) is 2. The van der Waals surface area contributed by atoms with E-state index in [0.717, 1.165) is 51.1 Å². The quantitative estimate of drug-likeness (QED) is 0.620. The van der Waals surface area contributed by atoms with Gasteiger partial charge in [0.1, 0.15) is 0 Å². The molecule has 0 amide bonds. The summed E-state index contributed by atoms with van der Waals surface area (Å²) >= 11 is 0.